The fraction of sp³-hybridized carbons (Fsp3) is 0.200. The lowest BCUT2D eigenvalue weighted by atomic mass is 10.3. The van der Waals surface area contributed by atoms with Gasteiger partial charge in [0.05, 0.1) is 10.6 Å². The third-order valence-corrected chi connectivity index (χ3v) is 4.10. The summed E-state index contributed by atoms with van der Waals surface area (Å²) in [5.74, 6) is 0. The van der Waals surface area contributed by atoms with Crippen LogP contribution in [0.1, 0.15) is 10.6 Å². The molecule has 0 amide bonds. The summed E-state index contributed by atoms with van der Waals surface area (Å²) in [6.07, 6.45) is 7.66. The van der Waals surface area contributed by atoms with Crippen molar-refractivity contribution in [2.75, 3.05) is 0 Å². The first-order valence-electron chi connectivity index (χ1n) is 6.49. The Hall–Kier alpha value is -1.98. The molecule has 4 nitrogen and oxygen atoms in total. The van der Waals surface area contributed by atoms with Crippen molar-refractivity contribution in [1.82, 2.24) is 19.9 Å². The molecule has 3 aromatic rings. The molecule has 5 heteroatoms. The molecule has 0 radical (unpaired) electrons. The van der Waals surface area contributed by atoms with Crippen LogP contribution >= 0.6 is 11.3 Å². The van der Waals surface area contributed by atoms with E-state index in [1.807, 2.05) is 18.5 Å². The fourth-order valence-electron chi connectivity index (χ4n) is 2.04. The Morgan fingerprint density at radius 3 is 2.90 bits per heavy atom. The van der Waals surface area contributed by atoms with E-state index in [1.165, 1.54) is 16.1 Å². The number of rotatable bonds is 5. The van der Waals surface area contributed by atoms with Gasteiger partial charge in [-0.3, -0.25) is 4.98 Å². The predicted molar refractivity (Wildman–Crippen MR) is 81.3 cm³/mol. The van der Waals surface area contributed by atoms with Crippen molar-refractivity contribution in [2.24, 2.45) is 7.05 Å². The molecule has 0 aliphatic heterocycles. The molecule has 0 saturated heterocycles. The molecular weight excluding hydrogens is 268 g/mol. The van der Waals surface area contributed by atoms with Crippen molar-refractivity contribution in [1.29, 1.82) is 0 Å². The van der Waals surface area contributed by atoms with E-state index in [0.29, 0.717) is 0 Å². The van der Waals surface area contributed by atoms with Crippen LogP contribution < -0.4 is 5.32 Å². The number of aryl methyl sites for hydroxylation is 1. The summed E-state index contributed by atoms with van der Waals surface area (Å²) < 4.78 is 2.11. The maximum Gasteiger partial charge on any atom is 0.107 e. The Morgan fingerprint density at radius 2 is 2.15 bits per heavy atom. The van der Waals surface area contributed by atoms with E-state index >= 15 is 0 Å². The molecule has 3 rings (SSSR count). The average Bonchev–Trinajstić information content (AvgIpc) is 3.09. The minimum atomic E-state index is 0.782. The van der Waals surface area contributed by atoms with Gasteiger partial charge in [0.2, 0.25) is 0 Å². The lowest BCUT2D eigenvalue weighted by Gasteiger charge is -2.01. The van der Waals surface area contributed by atoms with Crippen LogP contribution in [-0.2, 0) is 20.1 Å². The highest BCUT2D eigenvalue weighted by Crippen LogP contribution is 2.25. The second-order valence-corrected chi connectivity index (χ2v) is 5.70. The Morgan fingerprint density at radius 1 is 1.20 bits per heavy atom. The molecule has 0 spiro atoms. The van der Waals surface area contributed by atoms with Crippen LogP contribution in [-0.4, -0.2) is 14.5 Å². The van der Waals surface area contributed by atoms with Gasteiger partial charge in [-0.1, -0.05) is 6.07 Å². The lowest BCUT2D eigenvalue weighted by Crippen LogP contribution is -2.12. The summed E-state index contributed by atoms with van der Waals surface area (Å²) in [5.41, 5.74) is 2.40. The highest BCUT2D eigenvalue weighted by atomic mass is 32.1. The monoisotopic (exact) mass is 284 g/mol. The lowest BCUT2D eigenvalue weighted by molar-refractivity contribution is 0.688. The Balaban J connectivity index is 1.59. The van der Waals surface area contributed by atoms with Crippen LogP contribution in [0.25, 0.3) is 10.6 Å². The number of nitrogens with one attached hydrogen (secondary N) is 1. The molecule has 1 N–H and O–H groups in total. The molecule has 0 bridgehead atoms. The maximum atomic E-state index is 4.47. The SMILES string of the molecule is Cn1cccc1-c1cnc(CNCc2cccnc2)s1. The summed E-state index contributed by atoms with van der Waals surface area (Å²) in [4.78, 5) is 9.78. The first-order valence-corrected chi connectivity index (χ1v) is 7.30. The molecule has 0 saturated carbocycles. The van der Waals surface area contributed by atoms with E-state index in [2.05, 4.69) is 51.3 Å². The van der Waals surface area contributed by atoms with E-state index in [-0.39, 0.29) is 0 Å². The van der Waals surface area contributed by atoms with Crippen molar-refractivity contribution < 1.29 is 0 Å². The molecule has 0 aromatic carbocycles. The van der Waals surface area contributed by atoms with Gasteiger partial charge in [-0.25, -0.2) is 4.98 Å². The highest BCUT2D eigenvalue weighted by molar-refractivity contribution is 7.15. The van der Waals surface area contributed by atoms with Crippen molar-refractivity contribution in [2.45, 2.75) is 13.1 Å². The normalized spacial score (nSPS) is 10.8. The third kappa shape index (κ3) is 2.95. The van der Waals surface area contributed by atoms with Crippen LogP contribution in [0.2, 0.25) is 0 Å². The first-order chi connectivity index (χ1) is 9.83. The van der Waals surface area contributed by atoms with Gasteiger partial charge in [-0.15, -0.1) is 11.3 Å². The molecule has 0 fully saturated rings. The van der Waals surface area contributed by atoms with Gasteiger partial charge in [-0.2, -0.15) is 0 Å². The van der Waals surface area contributed by atoms with E-state index in [4.69, 9.17) is 0 Å². The van der Waals surface area contributed by atoms with Crippen molar-refractivity contribution in [3.8, 4) is 10.6 Å². The second kappa shape index (κ2) is 5.98. The zero-order valence-corrected chi connectivity index (χ0v) is 12.1. The summed E-state index contributed by atoms with van der Waals surface area (Å²) in [6, 6.07) is 8.18. The largest absolute Gasteiger partial charge is 0.350 e. The average molecular weight is 284 g/mol. The third-order valence-electron chi connectivity index (χ3n) is 3.08. The summed E-state index contributed by atoms with van der Waals surface area (Å²) in [6.45, 7) is 1.59. The zero-order valence-electron chi connectivity index (χ0n) is 11.3. The van der Waals surface area contributed by atoms with Crippen molar-refractivity contribution >= 4 is 11.3 Å². The van der Waals surface area contributed by atoms with Gasteiger partial charge in [0.25, 0.3) is 0 Å². The van der Waals surface area contributed by atoms with Gasteiger partial charge >= 0.3 is 0 Å². The Labute approximate surface area is 122 Å². The molecule has 0 unspecified atom stereocenters. The summed E-state index contributed by atoms with van der Waals surface area (Å²) in [5, 5.41) is 4.49. The molecule has 0 aliphatic carbocycles. The molecular formula is C15H16N4S. The quantitative estimate of drug-likeness (QED) is 0.783. The van der Waals surface area contributed by atoms with Crippen LogP contribution in [0.5, 0.6) is 0 Å². The van der Waals surface area contributed by atoms with Crippen LogP contribution in [0.3, 0.4) is 0 Å². The zero-order chi connectivity index (χ0) is 13.8. The standard InChI is InChI=1S/C15H16N4S/c1-19-7-3-5-13(19)14-10-18-15(20-14)11-17-9-12-4-2-6-16-8-12/h2-8,10,17H,9,11H2,1H3. The summed E-state index contributed by atoms with van der Waals surface area (Å²) >= 11 is 1.73. The van der Waals surface area contributed by atoms with Crippen LogP contribution in [0, 0.1) is 0 Å². The van der Waals surface area contributed by atoms with Gasteiger partial charge in [-0.05, 0) is 23.8 Å². The smallest absolute Gasteiger partial charge is 0.107 e. The molecule has 3 heterocycles. The van der Waals surface area contributed by atoms with Gasteiger partial charge in [0, 0.05) is 44.9 Å². The minimum Gasteiger partial charge on any atom is -0.350 e. The van der Waals surface area contributed by atoms with E-state index in [0.717, 1.165) is 18.1 Å². The molecule has 0 aliphatic rings. The summed E-state index contributed by atoms with van der Waals surface area (Å²) in [7, 11) is 2.05. The van der Waals surface area contributed by atoms with Gasteiger partial charge in [0.15, 0.2) is 0 Å². The maximum absolute atomic E-state index is 4.47. The van der Waals surface area contributed by atoms with Crippen LogP contribution in [0.15, 0.2) is 49.1 Å². The first kappa shape index (κ1) is 13.0. The van der Waals surface area contributed by atoms with E-state index in [9.17, 15) is 0 Å². The number of thiazole rings is 1. The number of pyridine rings is 1. The number of hydrogen-bond donors (Lipinski definition) is 1. The second-order valence-electron chi connectivity index (χ2n) is 4.59. The topological polar surface area (TPSA) is 42.7 Å². The highest BCUT2D eigenvalue weighted by Gasteiger charge is 2.06. The van der Waals surface area contributed by atoms with E-state index < -0.39 is 0 Å². The number of hydrogen-bond acceptors (Lipinski definition) is 4. The number of aromatic nitrogens is 3. The van der Waals surface area contributed by atoms with Gasteiger partial charge in [0.1, 0.15) is 5.01 Å². The van der Waals surface area contributed by atoms with Gasteiger partial charge < -0.3 is 9.88 Å². The molecule has 3 aromatic heterocycles. The predicted octanol–water partition coefficient (Wildman–Crippen LogP) is 2.83. The van der Waals surface area contributed by atoms with Crippen molar-refractivity contribution in [3.63, 3.8) is 0 Å². The number of nitrogens with zero attached hydrogens (tertiary/aromatic N) is 3. The van der Waals surface area contributed by atoms with E-state index in [1.54, 1.807) is 17.5 Å². The molecule has 20 heavy (non-hydrogen) atoms. The Kier molecular flexibility index (Phi) is 3.90. The molecule has 102 valence electrons. The fourth-order valence-corrected chi connectivity index (χ4v) is 3.00. The Bertz CT molecular complexity index is 672. The van der Waals surface area contributed by atoms with Crippen LogP contribution in [0.4, 0.5) is 0 Å². The van der Waals surface area contributed by atoms with Crippen molar-refractivity contribution in [3.05, 3.63) is 59.6 Å². The molecule has 0 atom stereocenters. The minimum absolute atomic E-state index is 0.782.